The largest absolute Gasteiger partial charge is 0.352 e. The summed E-state index contributed by atoms with van der Waals surface area (Å²) in [5.41, 5.74) is 1.94. The number of unbranched alkanes of at least 4 members (excludes halogenated alkanes) is 1. The Bertz CT molecular complexity index is 814. The van der Waals surface area contributed by atoms with Gasteiger partial charge in [-0.15, -0.1) is 0 Å². The van der Waals surface area contributed by atoms with Gasteiger partial charge in [-0.1, -0.05) is 18.2 Å². The van der Waals surface area contributed by atoms with E-state index in [2.05, 4.69) is 15.0 Å². The maximum atomic E-state index is 12.0. The predicted octanol–water partition coefficient (Wildman–Crippen LogP) is 2.35. The van der Waals surface area contributed by atoms with Crippen LogP contribution in [0, 0.1) is 0 Å². The molecule has 0 bridgehead atoms. The maximum absolute atomic E-state index is 12.0. The van der Waals surface area contributed by atoms with Crippen molar-refractivity contribution in [3.63, 3.8) is 0 Å². The number of fused-ring (bicyclic) bond motifs is 1. The lowest BCUT2D eigenvalue weighted by molar-refractivity contribution is -0.121. The van der Waals surface area contributed by atoms with Crippen LogP contribution in [-0.2, 0) is 21.4 Å². The van der Waals surface area contributed by atoms with E-state index in [0.717, 1.165) is 16.5 Å². The van der Waals surface area contributed by atoms with Gasteiger partial charge in [0.25, 0.3) is 0 Å². The van der Waals surface area contributed by atoms with E-state index in [9.17, 15) is 13.2 Å². The van der Waals surface area contributed by atoms with E-state index in [1.807, 2.05) is 30.3 Å². The predicted molar refractivity (Wildman–Crippen MR) is 99.5 cm³/mol. The maximum Gasteiger partial charge on any atom is 0.220 e. The van der Waals surface area contributed by atoms with Gasteiger partial charge in [0.15, 0.2) is 0 Å². The topological polar surface area (TPSA) is 88.2 Å². The number of pyridine rings is 1. The van der Waals surface area contributed by atoms with Crippen LogP contribution in [0.4, 0.5) is 0 Å². The van der Waals surface area contributed by atoms with Gasteiger partial charge in [0.05, 0.1) is 10.8 Å². The molecule has 7 heteroatoms. The van der Waals surface area contributed by atoms with E-state index in [1.165, 1.54) is 0 Å². The lowest BCUT2D eigenvalue weighted by Crippen LogP contribution is -2.31. The summed E-state index contributed by atoms with van der Waals surface area (Å²) in [5, 5.41) is 3.51. The normalized spacial score (nSPS) is 11.8. The molecule has 0 unspecified atom stereocenters. The molecule has 1 heterocycles. The smallest absolute Gasteiger partial charge is 0.220 e. The van der Waals surface area contributed by atoms with Crippen molar-refractivity contribution in [3.05, 3.63) is 42.1 Å². The van der Waals surface area contributed by atoms with Crippen LogP contribution >= 0.6 is 0 Å². The lowest BCUT2D eigenvalue weighted by Gasteiger charge is -2.10. The Morgan fingerprint density at radius 2 is 1.92 bits per heavy atom. The summed E-state index contributed by atoms with van der Waals surface area (Å²) in [6.45, 7) is 4.10. The molecule has 0 aliphatic heterocycles. The first-order valence-electron chi connectivity index (χ1n) is 8.48. The van der Waals surface area contributed by atoms with Gasteiger partial charge in [-0.25, -0.2) is 13.1 Å². The molecule has 0 saturated heterocycles. The fraction of sp³-hybridized carbons (Fsp3) is 0.444. The van der Waals surface area contributed by atoms with Gasteiger partial charge >= 0.3 is 0 Å². The van der Waals surface area contributed by atoms with Crippen LogP contribution in [0.25, 0.3) is 10.9 Å². The van der Waals surface area contributed by atoms with Crippen molar-refractivity contribution in [2.24, 2.45) is 0 Å². The average Bonchev–Trinajstić information content (AvgIpc) is 2.59. The Hall–Kier alpha value is -1.99. The first kappa shape index (κ1) is 19.3. The molecule has 1 aromatic carbocycles. The molecule has 136 valence electrons. The molecule has 2 aromatic rings. The molecule has 0 radical (unpaired) electrons. The Morgan fingerprint density at radius 3 is 2.68 bits per heavy atom. The highest BCUT2D eigenvalue weighted by Crippen LogP contribution is 2.15. The second kappa shape index (κ2) is 8.92. The molecule has 2 N–H and O–H groups in total. The number of nitrogens with zero attached hydrogens (tertiary/aromatic N) is 1. The Kier molecular flexibility index (Phi) is 6.90. The average molecular weight is 363 g/mol. The Morgan fingerprint density at radius 1 is 1.16 bits per heavy atom. The van der Waals surface area contributed by atoms with Crippen LogP contribution in [0.2, 0.25) is 0 Å². The minimum absolute atomic E-state index is 0.0346. The first-order chi connectivity index (χ1) is 11.9. The van der Waals surface area contributed by atoms with Crippen molar-refractivity contribution in [1.82, 2.24) is 15.0 Å². The molecule has 0 aliphatic rings. The summed E-state index contributed by atoms with van der Waals surface area (Å²) in [6.07, 6.45) is 3.40. The minimum Gasteiger partial charge on any atom is -0.352 e. The highest BCUT2D eigenvalue weighted by Gasteiger charge is 2.14. The van der Waals surface area contributed by atoms with Crippen LogP contribution in [0.3, 0.4) is 0 Å². The van der Waals surface area contributed by atoms with E-state index < -0.39 is 15.3 Å². The molecule has 25 heavy (non-hydrogen) atoms. The molecule has 0 aliphatic carbocycles. The molecule has 0 saturated carbocycles. The van der Waals surface area contributed by atoms with E-state index in [1.54, 1.807) is 20.0 Å². The number of nitrogens with one attached hydrogen (secondary N) is 2. The number of para-hydroxylation sites is 1. The molecule has 0 spiro atoms. The van der Waals surface area contributed by atoms with Crippen molar-refractivity contribution in [1.29, 1.82) is 0 Å². The SMILES string of the molecule is CC(C)S(=O)(=O)NCCCCC(=O)NCc1ccnc2ccccc12. The molecule has 1 amide bonds. The van der Waals surface area contributed by atoms with E-state index in [0.29, 0.717) is 32.4 Å². The van der Waals surface area contributed by atoms with E-state index >= 15 is 0 Å². The lowest BCUT2D eigenvalue weighted by atomic mass is 10.1. The summed E-state index contributed by atoms with van der Waals surface area (Å²) in [4.78, 5) is 16.3. The zero-order valence-electron chi connectivity index (χ0n) is 14.7. The molecule has 0 atom stereocenters. The number of carbonyl (C=O) groups excluding carboxylic acids is 1. The third-order valence-electron chi connectivity index (χ3n) is 3.97. The van der Waals surface area contributed by atoms with Crippen LogP contribution in [0.1, 0.15) is 38.7 Å². The second-order valence-corrected chi connectivity index (χ2v) is 8.53. The van der Waals surface area contributed by atoms with Gasteiger partial charge in [-0.2, -0.15) is 0 Å². The first-order valence-corrected chi connectivity index (χ1v) is 10.0. The van der Waals surface area contributed by atoms with Gasteiger partial charge in [-0.05, 0) is 44.4 Å². The highest BCUT2D eigenvalue weighted by atomic mass is 32.2. The number of rotatable bonds is 9. The third-order valence-corrected chi connectivity index (χ3v) is 5.82. The number of aromatic nitrogens is 1. The van der Waals surface area contributed by atoms with E-state index in [-0.39, 0.29) is 5.91 Å². The fourth-order valence-corrected chi connectivity index (χ4v) is 3.15. The van der Waals surface area contributed by atoms with E-state index in [4.69, 9.17) is 0 Å². The number of carbonyl (C=O) groups is 1. The number of benzene rings is 1. The molecule has 6 nitrogen and oxygen atoms in total. The third kappa shape index (κ3) is 5.79. The van der Waals surface area contributed by atoms with Crippen LogP contribution in [-0.4, -0.2) is 31.1 Å². The second-order valence-electron chi connectivity index (χ2n) is 6.21. The summed E-state index contributed by atoms with van der Waals surface area (Å²) < 4.78 is 25.7. The quantitative estimate of drug-likeness (QED) is 0.670. The highest BCUT2D eigenvalue weighted by molar-refractivity contribution is 7.90. The van der Waals surface area contributed by atoms with Crippen molar-refractivity contribution >= 4 is 26.8 Å². The van der Waals surface area contributed by atoms with Crippen molar-refractivity contribution < 1.29 is 13.2 Å². The monoisotopic (exact) mass is 363 g/mol. The summed E-state index contributed by atoms with van der Waals surface area (Å²) in [5.74, 6) is -0.0346. The van der Waals surface area contributed by atoms with Gasteiger partial charge in [0, 0.05) is 31.1 Å². The molecule has 0 fully saturated rings. The van der Waals surface area contributed by atoms with Crippen molar-refractivity contribution in [3.8, 4) is 0 Å². The molecular weight excluding hydrogens is 338 g/mol. The van der Waals surface area contributed by atoms with Crippen LogP contribution < -0.4 is 10.0 Å². The van der Waals surface area contributed by atoms with Gasteiger partial charge in [0.1, 0.15) is 0 Å². The van der Waals surface area contributed by atoms with Gasteiger partial charge in [0.2, 0.25) is 15.9 Å². The summed E-state index contributed by atoms with van der Waals surface area (Å²) in [6, 6.07) is 9.73. The van der Waals surface area contributed by atoms with Crippen LogP contribution in [0.5, 0.6) is 0 Å². The number of amides is 1. The summed E-state index contributed by atoms with van der Waals surface area (Å²) >= 11 is 0. The zero-order valence-corrected chi connectivity index (χ0v) is 15.5. The molecule has 1 aromatic heterocycles. The van der Waals surface area contributed by atoms with Gasteiger partial charge in [-0.3, -0.25) is 9.78 Å². The molecular formula is C18H25N3O3S. The number of sulfonamides is 1. The summed E-state index contributed by atoms with van der Waals surface area (Å²) in [7, 11) is -3.22. The molecule has 2 rings (SSSR count). The minimum atomic E-state index is -3.22. The van der Waals surface area contributed by atoms with Crippen molar-refractivity contribution in [2.45, 2.75) is 44.9 Å². The van der Waals surface area contributed by atoms with Gasteiger partial charge < -0.3 is 5.32 Å². The standard InChI is InChI=1S/C18H25N3O3S/c1-14(2)25(23,24)21-11-6-5-9-18(22)20-13-15-10-12-19-17-8-4-3-7-16(15)17/h3-4,7-8,10,12,14,21H,5-6,9,11,13H2,1-2H3,(H,20,22). The Balaban J connectivity index is 1.72. The number of hydrogen-bond acceptors (Lipinski definition) is 4. The number of hydrogen-bond donors (Lipinski definition) is 2. The Labute approximate surface area is 149 Å². The zero-order chi connectivity index (χ0) is 18.3. The van der Waals surface area contributed by atoms with Crippen LogP contribution in [0.15, 0.2) is 36.5 Å². The fourth-order valence-electron chi connectivity index (χ4n) is 2.38. The van der Waals surface area contributed by atoms with Crippen molar-refractivity contribution in [2.75, 3.05) is 6.54 Å².